The molecule has 0 aromatic heterocycles. The Labute approximate surface area is 203 Å². The van der Waals surface area contributed by atoms with E-state index in [0.29, 0.717) is 0 Å². The lowest BCUT2D eigenvalue weighted by Crippen LogP contribution is -2.64. The van der Waals surface area contributed by atoms with E-state index in [1.165, 1.54) is 18.2 Å². The molecule has 0 N–H and O–H groups in total. The van der Waals surface area contributed by atoms with E-state index in [1.54, 1.807) is 66.7 Å². The molecule has 4 rings (SSSR count). The Morgan fingerprint density at radius 3 is 2.23 bits per heavy atom. The number of fused-ring (bicyclic) bond motifs is 1. The van der Waals surface area contributed by atoms with Gasteiger partial charge in [-0.1, -0.05) is 72.3 Å². The highest BCUT2D eigenvalue weighted by Crippen LogP contribution is 2.55. The maximum absolute atomic E-state index is 14.2. The summed E-state index contributed by atoms with van der Waals surface area (Å²) in [5, 5.41) is 12.9. The minimum Gasteiger partial charge on any atom is -0.464 e. The van der Waals surface area contributed by atoms with Gasteiger partial charge in [0.25, 0.3) is 10.0 Å². The number of carbonyl (C=O) groups is 1. The second-order valence-corrected chi connectivity index (χ2v) is 10.1. The van der Waals surface area contributed by atoms with Crippen LogP contribution < -0.4 is 4.31 Å². The Morgan fingerprint density at radius 2 is 1.66 bits per heavy atom. The van der Waals surface area contributed by atoms with Crippen LogP contribution in [-0.2, 0) is 19.6 Å². The molecule has 3 aromatic rings. The Kier molecular flexibility index (Phi) is 6.21. The first kappa shape index (κ1) is 24.2. The molecule has 1 aliphatic heterocycles. The van der Waals surface area contributed by atoms with Crippen LogP contribution >= 0.6 is 0 Å². The summed E-state index contributed by atoms with van der Waals surface area (Å²) >= 11 is 0. The van der Waals surface area contributed by atoms with Crippen molar-refractivity contribution >= 4 is 21.7 Å². The molecule has 0 unspecified atom stereocenters. The van der Waals surface area contributed by atoms with Crippen LogP contribution in [0.5, 0.6) is 0 Å². The summed E-state index contributed by atoms with van der Waals surface area (Å²) in [6.07, 6.45) is 1.31. The molecule has 9 heteroatoms. The quantitative estimate of drug-likeness (QED) is 0.218. The third-order valence-electron chi connectivity index (χ3n) is 6.38. The summed E-state index contributed by atoms with van der Waals surface area (Å²) < 4.78 is 34.3. The molecule has 35 heavy (non-hydrogen) atoms. The highest BCUT2D eigenvalue weighted by molar-refractivity contribution is 7.92. The molecule has 0 radical (unpaired) electrons. The van der Waals surface area contributed by atoms with Gasteiger partial charge in [0, 0.05) is 4.92 Å². The van der Waals surface area contributed by atoms with Crippen LogP contribution in [-0.4, -0.2) is 32.0 Å². The summed E-state index contributed by atoms with van der Waals surface area (Å²) in [5.41, 5.74) is -0.903. The van der Waals surface area contributed by atoms with Gasteiger partial charge in [0.05, 0.1) is 23.6 Å². The molecule has 3 aromatic carbocycles. The average Bonchev–Trinajstić information content (AvgIpc) is 2.87. The van der Waals surface area contributed by atoms with Gasteiger partial charge >= 0.3 is 11.5 Å². The van der Waals surface area contributed by atoms with Gasteiger partial charge in [-0.15, -0.1) is 6.58 Å². The molecule has 0 fully saturated rings. The number of methoxy groups -OCH3 is 1. The number of nitrogens with zero attached hydrogens (tertiary/aromatic N) is 2. The van der Waals surface area contributed by atoms with Crippen LogP contribution in [0.3, 0.4) is 0 Å². The monoisotopic (exact) mass is 492 g/mol. The van der Waals surface area contributed by atoms with Gasteiger partial charge in [-0.25, -0.2) is 13.2 Å². The van der Waals surface area contributed by atoms with Crippen LogP contribution in [0.15, 0.2) is 96.4 Å². The number of benzene rings is 3. The number of para-hydroxylation sites is 1. The number of anilines is 1. The summed E-state index contributed by atoms with van der Waals surface area (Å²) in [7, 11) is -3.33. The first-order valence-electron chi connectivity index (χ1n) is 10.8. The van der Waals surface area contributed by atoms with Crippen molar-refractivity contribution in [2.75, 3.05) is 11.4 Å². The number of nitro groups is 1. The molecule has 0 bridgehead atoms. The van der Waals surface area contributed by atoms with Crippen LogP contribution in [0.2, 0.25) is 0 Å². The molecular weight excluding hydrogens is 468 g/mol. The molecule has 0 amide bonds. The van der Waals surface area contributed by atoms with E-state index in [4.69, 9.17) is 4.74 Å². The zero-order valence-corrected chi connectivity index (χ0v) is 20.0. The van der Waals surface area contributed by atoms with E-state index in [0.717, 1.165) is 17.0 Å². The standard InChI is InChI=1S/C26H24N2O6S/c1-4-22-21-12-8-9-13-23(21)27(35(32,33)20-16-14-18(2)15-17-20)24(19-10-6-5-7-11-19)26(22,28(30)31)25(29)34-3/h4-17,22,24H,1H2,2-3H3/t22-,24-,26+/m1/s1. The maximum atomic E-state index is 14.2. The second-order valence-electron chi connectivity index (χ2n) is 8.27. The summed E-state index contributed by atoms with van der Waals surface area (Å²) in [6, 6.07) is 19.2. The number of hydrogen-bond donors (Lipinski definition) is 0. The number of sulfonamides is 1. The number of esters is 1. The van der Waals surface area contributed by atoms with Gasteiger partial charge < -0.3 is 4.74 Å². The van der Waals surface area contributed by atoms with Crippen LogP contribution in [0.4, 0.5) is 5.69 Å². The smallest absolute Gasteiger partial charge is 0.388 e. The van der Waals surface area contributed by atoms with E-state index in [9.17, 15) is 23.3 Å². The number of hydrogen-bond acceptors (Lipinski definition) is 6. The van der Waals surface area contributed by atoms with Crippen LogP contribution in [0, 0.1) is 17.0 Å². The molecule has 0 saturated carbocycles. The molecular formula is C26H24N2O6S. The second kappa shape index (κ2) is 8.99. The van der Waals surface area contributed by atoms with Crippen molar-refractivity contribution in [2.24, 2.45) is 0 Å². The molecule has 0 saturated heterocycles. The zero-order valence-electron chi connectivity index (χ0n) is 19.2. The Morgan fingerprint density at radius 1 is 1.06 bits per heavy atom. The largest absolute Gasteiger partial charge is 0.464 e. The zero-order chi connectivity index (χ0) is 25.4. The molecule has 0 spiro atoms. The normalized spacial score (nSPS) is 21.6. The minimum absolute atomic E-state index is 0.0574. The highest BCUT2D eigenvalue weighted by atomic mass is 32.2. The predicted octanol–water partition coefficient (Wildman–Crippen LogP) is 4.40. The third kappa shape index (κ3) is 3.59. The van der Waals surface area contributed by atoms with Gasteiger partial charge in [0.1, 0.15) is 0 Å². The minimum atomic E-state index is -4.38. The van der Waals surface area contributed by atoms with E-state index in [-0.39, 0.29) is 21.7 Å². The van der Waals surface area contributed by atoms with Crippen molar-refractivity contribution < 1.29 is 22.9 Å². The van der Waals surface area contributed by atoms with Crippen LogP contribution in [0.25, 0.3) is 0 Å². The molecule has 180 valence electrons. The maximum Gasteiger partial charge on any atom is 0.388 e. The lowest BCUT2D eigenvalue weighted by atomic mass is 9.69. The lowest BCUT2D eigenvalue weighted by Gasteiger charge is -2.46. The molecule has 1 heterocycles. The van der Waals surface area contributed by atoms with Gasteiger partial charge in [-0.05, 0) is 36.2 Å². The van der Waals surface area contributed by atoms with E-state index in [2.05, 4.69) is 6.58 Å². The fourth-order valence-electron chi connectivity index (χ4n) is 4.79. The van der Waals surface area contributed by atoms with E-state index in [1.807, 2.05) is 6.92 Å². The van der Waals surface area contributed by atoms with Crippen molar-refractivity contribution in [3.8, 4) is 0 Å². The summed E-state index contributed by atoms with van der Waals surface area (Å²) in [4.78, 5) is 25.5. The van der Waals surface area contributed by atoms with Gasteiger partial charge in [0.2, 0.25) is 0 Å². The Balaban J connectivity index is 2.18. The first-order valence-corrected chi connectivity index (χ1v) is 12.3. The van der Waals surface area contributed by atoms with E-state index >= 15 is 0 Å². The third-order valence-corrected chi connectivity index (χ3v) is 8.17. The molecule has 0 aliphatic carbocycles. The van der Waals surface area contributed by atoms with Crippen molar-refractivity contribution in [2.45, 2.75) is 29.3 Å². The molecule has 1 aliphatic rings. The van der Waals surface area contributed by atoms with Gasteiger partial charge in [0.15, 0.2) is 6.04 Å². The van der Waals surface area contributed by atoms with Gasteiger partial charge in [-0.3, -0.25) is 14.4 Å². The summed E-state index contributed by atoms with van der Waals surface area (Å²) in [6.45, 7) is 5.60. The van der Waals surface area contributed by atoms with Crippen molar-refractivity contribution in [1.82, 2.24) is 0 Å². The first-order chi connectivity index (χ1) is 16.7. The number of rotatable bonds is 6. The lowest BCUT2D eigenvalue weighted by molar-refractivity contribution is -0.563. The fourth-order valence-corrected chi connectivity index (χ4v) is 6.48. The number of aryl methyl sites for hydroxylation is 1. The Bertz CT molecular complexity index is 1390. The fraction of sp³-hybridized carbons (Fsp3) is 0.192. The average molecular weight is 493 g/mol. The Hall–Kier alpha value is -3.98. The number of ether oxygens (including phenoxy) is 1. The SMILES string of the molecule is C=C[C@@H]1c2ccccc2N(S(=O)(=O)c2ccc(C)cc2)[C@H](c2ccccc2)[C@@]1(C(=O)OC)[N+](=O)[O-]. The topological polar surface area (TPSA) is 107 Å². The van der Waals surface area contributed by atoms with Crippen molar-refractivity contribution in [3.63, 3.8) is 0 Å². The number of carbonyl (C=O) groups excluding carboxylic acids is 1. The van der Waals surface area contributed by atoms with E-state index < -0.39 is 38.4 Å². The van der Waals surface area contributed by atoms with Crippen LogP contribution in [0.1, 0.15) is 28.7 Å². The summed E-state index contributed by atoms with van der Waals surface area (Å²) in [5.74, 6) is -2.34. The van der Waals surface area contributed by atoms with Crippen molar-refractivity contribution in [1.29, 1.82) is 0 Å². The highest BCUT2D eigenvalue weighted by Gasteiger charge is 2.70. The van der Waals surface area contributed by atoms with Crippen molar-refractivity contribution in [3.05, 3.63) is 118 Å². The molecule has 8 nitrogen and oxygen atoms in total. The predicted molar refractivity (Wildman–Crippen MR) is 131 cm³/mol. The van der Waals surface area contributed by atoms with Gasteiger partial charge in [-0.2, -0.15) is 0 Å². The molecule has 3 atom stereocenters.